The van der Waals surface area contributed by atoms with E-state index in [2.05, 4.69) is 10.4 Å². The van der Waals surface area contributed by atoms with Gasteiger partial charge in [-0.25, -0.2) is 17.8 Å². The third-order valence-corrected chi connectivity index (χ3v) is 10.1. The van der Waals surface area contributed by atoms with Gasteiger partial charge in [0.15, 0.2) is 0 Å². The number of hydrogen-bond donors (Lipinski definition) is 1. The Labute approximate surface area is 263 Å². The number of nitrogens with one attached hydrogen (secondary N) is 1. The minimum absolute atomic E-state index is 0.158. The van der Waals surface area contributed by atoms with Gasteiger partial charge in [0.05, 0.1) is 40.1 Å². The number of fused-ring (bicyclic) bond motifs is 3. The molecule has 2 amide bonds. The van der Waals surface area contributed by atoms with E-state index in [1.807, 2.05) is 30.3 Å². The largest absolute Gasteiger partial charge is 0.319 e. The molecule has 1 saturated carbocycles. The van der Waals surface area contributed by atoms with Crippen molar-refractivity contribution in [2.24, 2.45) is 0 Å². The Morgan fingerprint density at radius 3 is 2.56 bits per heavy atom. The summed E-state index contributed by atoms with van der Waals surface area (Å²) in [6, 6.07) is 19.2. The average molecular weight is 642 g/mol. The molecular formula is C33H28FN5O4S2. The summed E-state index contributed by atoms with van der Waals surface area (Å²) in [4.78, 5) is 35.0. The molecular weight excluding hydrogens is 614 g/mol. The summed E-state index contributed by atoms with van der Waals surface area (Å²) < 4.78 is 39.8. The average Bonchev–Trinajstić information content (AvgIpc) is 3.65. The van der Waals surface area contributed by atoms with Crippen molar-refractivity contribution >= 4 is 44.5 Å². The molecule has 0 spiro atoms. The van der Waals surface area contributed by atoms with Gasteiger partial charge in [0.1, 0.15) is 11.5 Å². The normalized spacial score (nSPS) is 14.4. The highest BCUT2D eigenvalue weighted by Crippen LogP contribution is 2.44. The molecule has 1 aliphatic heterocycles. The first-order chi connectivity index (χ1) is 21.6. The fourth-order valence-corrected chi connectivity index (χ4v) is 7.29. The lowest BCUT2D eigenvalue weighted by Gasteiger charge is -2.23. The molecule has 0 atom stereocenters. The molecule has 2 aliphatic rings. The molecule has 2 aromatic carbocycles. The lowest BCUT2D eigenvalue weighted by molar-refractivity contribution is 0.0981. The summed E-state index contributed by atoms with van der Waals surface area (Å²) in [5.41, 5.74) is 5.20. The number of anilines is 2. The minimum atomic E-state index is -3.59. The number of carbonyl (C=O) groups is 2. The molecule has 5 aromatic rings. The molecule has 228 valence electrons. The highest BCUT2D eigenvalue weighted by atomic mass is 32.2. The van der Waals surface area contributed by atoms with E-state index in [0.717, 1.165) is 39.2 Å². The van der Waals surface area contributed by atoms with Crippen molar-refractivity contribution < 1.29 is 22.4 Å². The molecule has 12 heteroatoms. The molecule has 0 unspecified atom stereocenters. The van der Waals surface area contributed by atoms with Crippen molar-refractivity contribution in [3.8, 4) is 21.7 Å². The number of para-hydroxylation sites is 2. The monoisotopic (exact) mass is 641 g/mol. The number of rotatable bonds is 6. The van der Waals surface area contributed by atoms with E-state index in [1.54, 1.807) is 42.2 Å². The lowest BCUT2D eigenvalue weighted by atomic mass is 10.1. The Kier molecular flexibility index (Phi) is 7.13. The number of thiophene rings is 1. The van der Waals surface area contributed by atoms with Crippen LogP contribution >= 0.6 is 11.3 Å². The summed E-state index contributed by atoms with van der Waals surface area (Å²) in [6.45, 7) is 2.08. The molecule has 4 heterocycles. The van der Waals surface area contributed by atoms with Gasteiger partial charge in [-0.1, -0.05) is 36.4 Å². The molecule has 45 heavy (non-hydrogen) atoms. The van der Waals surface area contributed by atoms with Crippen molar-refractivity contribution in [2.45, 2.75) is 32.1 Å². The Bertz CT molecular complexity index is 2100. The van der Waals surface area contributed by atoms with Gasteiger partial charge in [-0.15, -0.1) is 11.3 Å². The first kappa shape index (κ1) is 29.1. The molecule has 7 rings (SSSR count). The quantitative estimate of drug-likeness (QED) is 0.234. The third-order valence-electron chi connectivity index (χ3n) is 8.05. The molecule has 9 nitrogen and oxygen atoms in total. The smallest absolute Gasteiger partial charge is 0.276 e. The number of nitrogens with zero attached hydrogens (tertiary/aromatic N) is 4. The number of amides is 2. The van der Waals surface area contributed by atoms with E-state index < -0.39 is 21.7 Å². The topological polar surface area (TPSA) is 114 Å². The maximum absolute atomic E-state index is 14.4. The van der Waals surface area contributed by atoms with Crippen LogP contribution in [0.1, 0.15) is 55.7 Å². The Hall–Kier alpha value is -4.68. The van der Waals surface area contributed by atoms with Crippen LogP contribution in [0.2, 0.25) is 0 Å². The van der Waals surface area contributed by atoms with E-state index in [-0.39, 0.29) is 23.2 Å². The van der Waals surface area contributed by atoms with Gasteiger partial charge < -0.3 is 10.2 Å². The molecule has 1 N–H and O–H groups in total. The lowest BCUT2D eigenvalue weighted by Crippen LogP contribution is -2.33. The number of aromatic nitrogens is 3. The van der Waals surface area contributed by atoms with E-state index >= 15 is 0 Å². The van der Waals surface area contributed by atoms with Gasteiger partial charge >= 0.3 is 0 Å². The fourth-order valence-electron chi connectivity index (χ4n) is 5.62. The minimum Gasteiger partial charge on any atom is -0.319 e. The Balaban J connectivity index is 1.20. The second-order valence-electron chi connectivity index (χ2n) is 11.3. The Morgan fingerprint density at radius 2 is 1.80 bits per heavy atom. The maximum Gasteiger partial charge on any atom is 0.276 e. The SMILES string of the molecule is Cc1cccc(F)c1NC(=O)c1cc2c(s1)-c1ccccc1N(C(=O)c1cccc(-c3cn(S(C)(=O)=O)nc3C3CC3)n1)CC2. The van der Waals surface area contributed by atoms with Gasteiger partial charge in [-0.2, -0.15) is 9.19 Å². The zero-order valence-electron chi connectivity index (χ0n) is 24.5. The fraction of sp³-hybridized carbons (Fsp3) is 0.212. The predicted octanol–water partition coefficient (Wildman–Crippen LogP) is 6.26. The van der Waals surface area contributed by atoms with Gasteiger partial charge in [0, 0.05) is 28.5 Å². The van der Waals surface area contributed by atoms with Crippen LogP contribution in [-0.2, 0) is 16.4 Å². The highest BCUT2D eigenvalue weighted by molar-refractivity contribution is 7.89. The van der Waals surface area contributed by atoms with Crippen molar-refractivity contribution in [2.75, 3.05) is 23.0 Å². The van der Waals surface area contributed by atoms with Gasteiger partial charge in [0.25, 0.3) is 21.8 Å². The highest BCUT2D eigenvalue weighted by Gasteiger charge is 2.32. The van der Waals surface area contributed by atoms with Crippen LogP contribution in [0.25, 0.3) is 21.7 Å². The van der Waals surface area contributed by atoms with Gasteiger partial charge in [-0.05, 0) is 67.6 Å². The summed E-state index contributed by atoms with van der Waals surface area (Å²) in [6.07, 6.45) is 4.91. The molecule has 0 bridgehead atoms. The molecule has 3 aromatic heterocycles. The number of halogens is 1. The number of aryl methyl sites for hydroxylation is 1. The summed E-state index contributed by atoms with van der Waals surface area (Å²) >= 11 is 1.31. The molecule has 1 fully saturated rings. The zero-order chi connectivity index (χ0) is 31.5. The van der Waals surface area contributed by atoms with E-state index in [1.165, 1.54) is 23.6 Å². The summed E-state index contributed by atoms with van der Waals surface area (Å²) in [7, 11) is -3.59. The third kappa shape index (κ3) is 5.44. The summed E-state index contributed by atoms with van der Waals surface area (Å²) in [5.74, 6) is -1.01. The van der Waals surface area contributed by atoms with Crippen LogP contribution in [-0.4, -0.2) is 47.2 Å². The summed E-state index contributed by atoms with van der Waals surface area (Å²) in [5, 5.41) is 7.06. The van der Waals surface area contributed by atoms with Crippen LogP contribution in [0.5, 0.6) is 0 Å². The van der Waals surface area contributed by atoms with Crippen LogP contribution in [0.15, 0.2) is 72.9 Å². The molecule has 0 radical (unpaired) electrons. The molecule has 1 aliphatic carbocycles. The molecule has 0 saturated heterocycles. The van der Waals surface area contributed by atoms with Crippen molar-refractivity contribution in [1.29, 1.82) is 0 Å². The first-order valence-electron chi connectivity index (χ1n) is 14.5. The van der Waals surface area contributed by atoms with E-state index in [9.17, 15) is 22.4 Å². The van der Waals surface area contributed by atoms with Gasteiger partial charge in [0.2, 0.25) is 0 Å². The number of pyridine rings is 1. The van der Waals surface area contributed by atoms with E-state index in [4.69, 9.17) is 4.98 Å². The van der Waals surface area contributed by atoms with Crippen LogP contribution in [0, 0.1) is 12.7 Å². The van der Waals surface area contributed by atoms with Crippen LogP contribution < -0.4 is 10.2 Å². The van der Waals surface area contributed by atoms with Gasteiger partial charge in [-0.3, -0.25) is 9.59 Å². The maximum atomic E-state index is 14.4. The first-order valence-corrected chi connectivity index (χ1v) is 17.1. The van der Waals surface area contributed by atoms with Crippen LogP contribution in [0.3, 0.4) is 0 Å². The second-order valence-corrected chi connectivity index (χ2v) is 14.2. The number of hydrogen-bond acceptors (Lipinski definition) is 7. The van der Waals surface area contributed by atoms with E-state index in [0.29, 0.717) is 46.0 Å². The standard InChI is InChI=1S/C33H28FN5O4S2/c1-19-7-5-9-24(34)29(19)36-32(40)28-17-21-15-16-38(27-12-4-3-8-22(27)31(21)44-28)33(41)26-11-6-10-25(35-26)23-18-39(45(2,42)43)37-30(23)20-13-14-20/h3-12,17-18,20H,13-16H2,1-2H3,(H,36,40). The van der Waals surface area contributed by atoms with Crippen LogP contribution in [0.4, 0.5) is 15.8 Å². The van der Waals surface area contributed by atoms with Crippen molar-refractivity contribution in [3.05, 3.63) is 106 Å². The predicted molar refractivity (Wildman–Crippen MR) is 172 cm³/mol. The Morgan fingerprint density at radius 1 is 1.02 bits per heavy atom. The second kappa shape index (κ2) is 11.0. The number of benzene rings is 2. The zero-order valence-corrected chi connectivity index (χ0v) is 26.1. The van der Waals surface area contributed by atoms with Crippen molar-refractivity contribution in [1.82, 2.24) is 14.2 Å². The van der Waals surface area contributed by atoms with Crippen molar-refractivity contribution in [3.63, 3.8) is 0 Å². The number of carbonyl (C=O) groups excluding carboxylic acids is 2.